The number of methoxy groups -OCH3 is 1. The highest BCUT2D eigenvalue weighted by Crippen LogP contribution is 2.05. The second-order valence-electron chi connectivity index (χ2n) is 4.28. The molecule has 0 N–H and O–H groups in total. The summed E-state index contributed by atoms with van der Waals surface area (Å²) < 4.78 is 17.3. The summed E-state index contributed by atoms with van der Waals surface area (Å²) in [5.74, 6) is -0.952. The monoisotopic (exact) mass is 291 g/mol. The lowest BCUT2D eigenvalue weighted by atomic mass is 10.2. The summed E-state index contributed by atoms with van der Waals surface area (Å²) in [6.07, 6.45) is 4.69. The third-order valence-corrected chi connectivity index (χ3v) is 2.76. The predicted octanol–water partition coefficient (Wildman–Crippen LogP) is 2.42. The fourth-order valence-corrected chi connectivity index (χ4v) is 1.62. The van der Waals surface area contributed by atoms with Gasteiger partial charge in [-0.25, -0.2) is 4.39 Å². The van der Waals surface area contributed by atoms with Crippen LogP contribution >= 0.6 is 0 Å². The Hall–Kier alpha value is -2.43. The van der Waals surface area contributed by atoms with Crippen LogP contribution in [0.25, 0.3) is 6.08 Å². The van der Waals surface area contributed by atoms with Crippen molar-refractivity contribution in [2.45, 2.75) is 6.42 Å². The summed E-state index contributed by atoms with van der Waals surface area (Å²) in [7, 11) is 1.30. The average molecular weight is 291 g/mol. The number of hydrogen-bond acceptors (Lipinski definition) is 3. The van der Waals surface area contributed by atoms with Gasteiger partial charge in [0.25, 0.3) is 0 Å². The molecule has 0 aliphatic rings. The summed E-state index contributed by atoms with van der Waals surface area (Å²) in [4.78, 5) is 24.6. The standard InChI is InChI=1S/C16H18FNO3/c1-3-11-18(12-10-16(20)21-2)15(19)9-6-13-4-7-14(17)8-5-13/h3-9H,1,10-12H2,2H3/b9-6+. The third-order valence-electron chi connectivity index (χ3n) is 2.76. The van der Waals surface area contributed by atoms with Crippen LogP contribution in [0.3, 0.4) is 0 Å². The normalized spacial score (nSPS) is 10.4. The van der Waals surface area contributed by atoms with E-state index in [0.29, 0.717) is 6.54 Å². The van der Waals surface area contributed by atoms with E-state index in [-0.39, 0.29) is 30.7 Å². The maximum Gasteiger partial charge on any atom is 0.307 e. The van der Waals surface area contributed by atoms with E-state index in [1.165, 1.54) is 30.2 Å². The van der Waals surface area contributed by atoms with E-state index in [2.05, 4.69) is 11.3 Å². The molecule has 0 saturated carbocycles. The number of hydrogen-bond donors (Lipinski definition) is 0. The van der Waals surface area contributed by atoms with Gasteiger partial charge in [0.05, 0.1) is 13.5 Å². The molecule has 112 valence electrons. The zero-order valence-corrected chi connectivity index (χ0v) is 11.9. The van der Waals surface area contributed by atoms with Crippen LogP contribution in [0.5, 0.6) is 0 Å². The Morgan fingerprint density at radius 3 is 2.57 bits per heavy atom. The van der Waals surface area contributed by atoms with Crippen LogP contribution in [-0.2, 0) is 14.3 Å². The highest BCUT2D eigenvalue weighted by atomic mass is 19.1. The number of halogens is 1. The molecule has 1 aromatic rings. The first kappa shape index (κ1) is 16.6. The quantitative estimate of drug-likeness (QED) is 0.440. The van der Waals surface area contributed by atoms with Crippen molar-refractivity contribution in [3.63, 3.8) is 0 Å². The lowest BCUT2D eigenvalue weighted by Gasteiger charge is -2.18. The molecule has 0 unspecified atom stereocenters. The van der Waals surface area contributed by atoms with Crippen LogP contribution in [0.4, 0.5) is 4.39 Å². The van der Waals surface area contributed by atoms with Crippen LogP contribution in [0.2, 0.25) is 0 Å². The van der Waals surface area contributed by atoms with Gasteiger partial charge >= 0.3 is 5.97 Å². The van der Waals surface area contributed by atoms with Gasteiger partial charge in [-0.2, -0.15) is 0 Å². The van der Waals surface area contributed by atoms with Gasteiger partial charge in [-0.3, -0.25) is 9.59 Å². The van der Waals surface area contributed by atoms with Crippen molar-refractivity contribution in [2.75, 3.05) is 20.2 Å². The van der Waals surface area contributed by atoms with Crippen LogP contribution in [-0.4, -0.2) is 37.0 Å². The Labute approximate surface area is 123 Å². The first-order valence-electron chi connectivity index (χ1n) is 6.47. The molecule has 0 fully saturated rings. The molecular formula is C16H18FNO3. The first-order chi connectivity index (χ1) is 10.1. The molecule has 1 aromatic carbocycles. The minimum atomic E-state index is -0.376. The molecule has 21 heavy (non-hydrogen) atoms. The van der Waals surface area contributed by atoms with Gasteiger partial charge in [-0.05, 0) is 23.8 Å². The highest BCUT2D eigenvalue weighted by Gasteiger charge is 2.11. The third kappa shape index (κ3) is 6.03. The molecular weight excluding hydrogens is 273 g/mol. The SMILES string of the molecule is C=CCN(CCC(=O)OC)C(=O)/C=C/c1ccc(F)cc1. The molecule has 5 heteroatoms. The fraction of sp³-hybridized carbons (Fsp3) is 0.250. The smallest absolute Gasteiger partial charge is 0.307 e. The van der Waals surface area contributed by atoms with Crippen molar-refractivity contribution >= 4 is 18.0 Å². The van der Waals surface area contributed by atoms with Gasteiger partial charge < -0.3 is 9.64 Å². The number of nitrogens with zero attached hydrogens (tertiary/aromatic N) is 1. The van der Waals surface area contributed by atoms with Crippen molar-refractivity contribution in [1.82, 2.24) is 4.90 Å². The topological polar surface area (TPSA) is 46.6 Å². The Morgan fingerprint density at radius 1 is 1.33 bits per heavy atom. The van der Waals surface area contributed by atoms with E-state index >= 15 is 0 Å². The molecule has 0 heterocycles. The maximum absolute atomic E-state index is 12.8. The molecule has 0 radical (unpaired) electrons. The minimum Gasteiger partial charge on any atom is -0.469 e. The summed E-state index contributed by atoms with van der Waals surface area (Å²) in [6.45, 7) is 4.17. The molecule has 0 aromatic heterocycles. The van der Waals surface area contributed by atoms with Gasteiger partial charge in [0.2, 0.25) is 5.91 Å². The lowest BCUT2D eigenvalue weighted by molar-refractivity contribution is -0.141. The maximum atomic E-state index is 12.8. The number of esters is 1. The van der Waals surface area contributed by atoms with E-state index in [0.717, 1.165) is 5.56 Å². The number of carbonyl (C=O) groups is 2. The van der Waals surface area contributed by atoms with E-state index in [1.54, 1.807) is 24.3 Å². The van der Waals surface area contributed by atoms with E-state index in [4.69, 9.17) is 0 Å². The van der Waals surface area contributed by atoms with Crippen molar-refractivity contribution in [1.29, 1.82) is 0 Å². The second kappa shape index (κ2) is 8.68. The Balaban J connectivity index is 2.65. The van der Waals surface area contributed by atoms with Crippen molar-refractivity contribution < 1.29 is 18.7 Å². The first-order valence-corrected chi connectivity index (χ1v) is 6.47. The summed E-state index contributed by atoms with van der Waals surface area (Å²) in [6, 6.07) is 5.79. The van der Waals surface area contributed by atoms with Gasteiger partial charge in [0.15, 0.2) is 0 Å². The zero-order chi connectivity index (χ0) is 15.7. The lowest BCUT2D eigenvalue weighted by Crippen LogP contribution is -2.32. The Bertz CT molecular complexity index is 523. The number of ether oxygens (including phenoxy) is 1. The molecule has 4 nitrogen and oxygen atoms in total. The molecule has 0 saturated heterocycles. The van der Waals surface area contributed by atoms with Gasteiger partial charge in [-0.1, -0.05) is 18.2 Å². The van der Waals surface area contributed by atoms with Gasteiger partial charge in [-0.15, -0.1) is 6.58 Å². The Kier molecular flexibility index (Phi) is 6.87. The average Bonchev–Trinajstić information content (AvgIpc) is 2.50. The Morgan fingerprint density at radius 2 is 2.00 bits per heavy atom. The van der Waals surface area contributed by atoms with Crippen molar-refractivity contribution in [2.24, 2.45) is 0 Å². The van der Waals surface area contributed by atoms with E-state index < -0.39 is 0 Å². The van der Waals surface area contributed by atoms with Crippen LogP contribution in [0.1, 0.15) is 12.0 Å². The molecule has 0 atom stereocenters. The van der Waals surface area contributed by atoms with Crippen molar-refractivity contribution in [3.8, 4) is 0 Å². The molecule has 0 spiro atoms. The highest BCUT2D eigenvalue weighted by molar-refractivity contribution is 5.92. The number of benzene rings is 1. The zero-order valence-electron chi connectivity index (χ0n) is 11.9. The molecule has 0 aliphatic carbocycles. The largest absolute Gasteiger partial charge is 0.469 e. The second-order valence-corrected chi connectivity index (χ2v) is 4.28. The number of rotatable bonds is 7. The number of carbonyl (C=O) groups excluding carboxylic acids is 2. The molecule has 1 rings (SSSR count). The predicted molar refractivity (Wildman–Crippen MR) is 78.8 cm³/mol. The van der Waals surface area contributed by atoms with Gasteiger partial charge in [0.1, 0.15) is 5.82 Å². The fourth-order valence-electron chi connectivity index (χ4n) is 1.62. The van der Waals surface area contributed by atoms with E-state index in [9.17, 15) is 14.0 Å². The minimum absolute atomic E-state index is 0.125. The van der Waals surface area contributed by atoms with Crippen LogP contribution in [0, 0.1) is 5.82 Å². The summed E-state index contributed by atoms with van der Waals surface area (Å²) in [5, 5.41) is 0. The summed E-state index contributed by atoms with van der Waals surface area (Å²) in [5.41, 5.74) is 0.719. The van der Waals surface area contributed by atoms with E-state index in [1.807, 2.05) is 0 Å². The number of amides is 1. The van der Waals surface area contributed by atoms with Gasteiger partial charge in [0, 0.05) is 19.2 Å². The van der Waals surface area contributed by atoms with Crippen molar-refractivity contribution in [3.05, 3.63) is 54.4 Å². The van der Waals surface area contributed by atoms with Crippen LogP contribution in [0.15, 0.2) is 43.0 Å². The summed E-state index contributed by atoms with van der Waals surface area (Å²) >= 11 is 0. The van der Waals surface area contributed by atoms with Crippen LogP contribution < -0.4 is 0 Å². The molecule has 1 amide bonds. The molecule has 0 bridgehead atoms. The molecule has 0 aliphatic heterocycles.